The lowest BCUT2D eigenvalue weighted by molar-refractivity contribution is 0.0879. The van der Waals surface area contributed by atoms with Crippen LogP contribution in [0.15, 0.2) is 6.20 Å². The van der Waals surface area contributed by atoms with E-state index in [0.29, 0.717) is 10.7 Å². The summed E-state index contributed by atoms with van der Waals surface area (Å²) >= 11 is 6.06. The molecule has 0 aromatic carbocycles. The molecule has 94 valence electrons. The Hall–Kier alpha value is -0.870. The van der Waals surface area contributed by atoms with E-state index in [1.165, 1.54) is 6.20 Å². The summed E-state index contributed by atoms with van der Waals surface area (Å²) in [6, 6.07) is 0.103. The number of ketones is 1. The van der Waals surface area contributed by atoms with Crippen LogP contribution in [0.3, 0.4) is 0 Å². The first-order chi connectivity index (χ1) is 7.96. The van der Waals surface area contributed by atoms with Gasteiger partial charge in [0.05, 0.1) is 16.8 Å². The Morgan fingerprint density at radius 3 is 2.65 bits per heavy atom. The Morgan fingerprint density at radius 2 is 2.12 bits per heavy atom. The average molecular weight is 256 g/mol. The van der Waals surface area contributed by atoms with Crippen molar-refractivity contribution < 1.29 is 4.79 Å². The second kappa shape index (κ2) is 4.42. The predicted octanol–water partition coefficient (Wildman–Crippen LogP) is 2.57. The SMILES string of the molecule is CC(C)n1ncc(Cl)c1C(=O)C1(N)CCCC1. The zero-order valence-corrected chi connectivity index (χ0v) is 11.0. The van der Waals surface area contributed by atoms with Gasteiger partial charge in [-0.15, -0.1) is 0 Å². The molecule has 0 amide bonds. The van der Waals surface area contributed by atoms with Gasteiger partial charge in [0.1, 0.15) is 5.69 Å². The van der Waals surface area contributed by atoms with Crippen LogP contribution in [0.25, 0.3) is 0 Å². The maximum absolute atomic E-state index is 12.5. The summed E-state index contributed by atoms with van der Waals surface area (Å²) in [5, 5.41) is 4.55. The minimum Gasteiger partial charge on any atom is -0.319 e. The van der Waals surface area contributed by atoms with Gasteiger partial charge in [-0.2, -0.15) is 5.10 Å². The number of Topliss-reactive ketones (excluding diaryl/α,β-unsaturated/α-hetero) is 1. The van der Waals surface area contributed by atoms with Crippen LogP contribution in [-0.4, -0.2) is 21.1 Å². The van der Waals surface area contributed by atoms with Crippen molar-refractivity contribution in [1.29, 1.82) is 0 Å². The van der Waals surface area contributed by atoms with Crippen LogP contribution >= 0.6 is 11.6 Å². The number of rotatable bonds is 3. The van der Waals surface area contributed by atoms with E-state index in [4.69, 9.17) is 17.3 Å². The summed E-state index contributed by atoms with van der Waals surface area (Å²) < 4.78 is 1.66. The van der Waals surface area contributed by atoms with Crippen LogP contribution in [0, 0.1) is 0 Å². The molecule has 1 fully saturated rings. The lowest BCUT2D eigenvalue weighted by Gasteiger charge is -2.23. The van der Waals surface area contributed by atoms with Crippen molar-refractivity contribution in [3.63, 3.8) is 0 Å². The molecule has 1 aliphatic carbocycles. The molecule has 1 aromatic rings. The van der Waals surface area contributed by atoms with Crippen LogP contribution in [0.1, 0.15) is 56.1 Å². The van der Waals surface area contributed by atoms with Crippen molar-refractivity contribution in [2.45, 2.75) is 51.1 Å². The molecule has 1 aromatic heterocycles. The fourth-order valence-electron chi connectivity index (χ4n) is 2.41. The van der Waals surface area contributed by atoms with Gasteiger partial charge in [0.25, 0.3) is 0 Å². The lowest BCUT2D eigenvalue weighted by Crippen LogP contribution is -2.46. The Morgan fingerprint density at radius 1 is 1.53 bits per heavy atom. The third kappa shape index (κ3) is 2.11. The number of hydrogen-bond acceptors (Lipinski definition) is 3. The minimum absolute atomic E-state index is 0.0637. The molecule has 0 aliphatic heterocycles. The Kier molecular flexibility index (Phi) is 3.27. The molecule has 0 bridgehead atoms. The number of hydrogen-bond donors (Lipinski definition) is 1. The number of nitrogens with two attached hydrogens (primary N) is 1. The molecule has 2 N–H and O–H groups in total. The summed E-state index contributed by atoms with van der Waals surface area (Å²) in [5.41, 5.74) is 5.91. The first-order valence-electron chi connectivity index (χ1n) is 6.02. The molecule has 0 saturated heterocycles. The third-order valence-electron chi connectivity index (χ3n) is 3.40. The summed E-state index contributed by atoms with van der Waals surface area (Å²) in [7, 11) is 0. The second-order valence-electron chi connectivity index (χ2n) is 5.07. The van der Waals surface area contributed by atoms with E-state index in [1.54, 1.807) is 4.68 Å². The number of halogens is 1. The number of aromatic nitrogens is 2. The van der Waals surface area contributed by atoms with Crippen LogP contribution in [-0.2, 0) is 0 Å². The quantitative estimate of drug-likeness (QED) is 0.845. The third-order valence-corrected chi connectivity index (χ3v) is 3.68. The molecule has 0 atom stereocenters. The fraction of sp³-hybridized carbons (Fsp3) is 0.667. The largest absolute Gasteiger partial charge is 0.319 e. The fourth-order valence-corrected chi connectivity index (χ4v) is 2.63. The maximum Gasteiger partial charge on any atom is 0.202 e. The van der Waals surface area contributed by atoms with Crippen molar-refractivity contribution in [3.05, 3.63) is 16.9 Å². The smallest absolute Gasteiger partial charge is 0.202 e. The highest BCUT2D eigenvalue weighted by Gasteiger charge is 2.40. The zero-order valence-electron chi connectivity index (χ0n) is 10.2. The number of carbonyl (C=O) groups excluding carboxylic acids is 1. The van der Waals surface area contributed by atoms with E-state index in [0.717, 1.165) is 25.7 Å². The second-order valence-corrected chi connectivity index (χ2v) is 5.48. The average Bonchev–Trinajstić information content (AvgIpc) is 2.85. The van der Waals surface area contributed by atoms with Crippen molar-refractivity contribution in [3.8, 4) is 0 Å². The molecule has 0 unspecified atom stereocenters. The molecule has 4 nitrogen and oxygen atoms in total. The van der Waals surface area contributed by atoms with Gasteiger partial charge in [0, 0.05) is 6.04 Å². The zero-order chi connectivity index (χ0) is 12.6. The van der Waals surface area contributed by atoms with Crippen LogP contribution in [0.2, 0.25) is 5.02 Å². The topological polar surface area (TPSA) is 60.9 Å². The highest BCUT2D eigenvalue weighted by Crippen LogP contribution is 2.33. The van der Waals surface area contributed by atoms with E-state index in [9.17, 15) is 4.79 Å². The standard InChI is InChI=1S/C12H18ClN3O/c1-8(2)16-10(9(13)7-15-16)11(17)12(14)5-3-4-6-12/h7-8H,3-6,14H2,1-2H3. The predicted molar refractivity (Wildman–Crippen MR) is 67.3 cm³/mol. The van der Waals surface area contributed by atoms with E-state index in [-0.39, 0.29) is 11.8 Å². The van der Waals surface area contributed by atoms with Crippen LogP contribution in [0.4, 0.5) is 0 Å². The highest BCUT2D eigenvalue weighted by molar-refractivity contribution is 6.34. The highest BCUT2D eigenvalue weighted by atomic mass is 35.5. The van der Waals surface area contributed by atoms with Crippen LogP contribution in [0.5, 0.6) is 0 Å². The minimum atomic E-state index is -0.740. The van der Waals surface area contributed by atoms with Gasteiger partial charge in [0.15, 0.2) is 0 Å². The Balaban J connectivity index is 2.39. The molecule has 1 heterocycles. The normalized spacial score (nSPS) is 18.9. The van der Waals surface area contributed by atoms with E-state index in [2.05, 4.69) is 5.10 Å². The maximum atomic E-state index is 12.5. The number of nitrogens with zero attached hydrogens (tertiary/aromatic N) is 2. The summed E-state index contributed by atoms with van der Waals surface area (Å²) in [5.74, 6) is -0.0637. The van der Waals surface area contributed by atoms with Gasteiger partial charge in [-0.3, -0.25) is 9.48 Å². The molecule has 1 aliphatic rings. The first kappa shape index (κ1) is 12.6. The molecule has 2 rings (SSSR count). The Bertz CT molecular complexity index is 433. The summed E-state index contributed by atoms with van der Waals surface area (Å²) in [6.07, 6.45) is 5.02. The van der Waals surface area contributed by atoms with E-state index < -0.39 is 5.54 Å². The molecular formula is C12H18ClN3O. The van der Waals surface area contributed by atoms with Gasteiger partial charge < -0.3 is 5.73 Å². The molecule has 17 heavy (non-hydrogen) atoms. The Labute approximate surface area is 106 Å². The molecule has 1 saturated carbocycles. The van der Waals surface area contributed by atoms with Gasteiger partial charge in [-0.1, -0.05) is 24.4 Å². The van der Waals surface area contributed by atoms with Gasteiger partial charge in [-0.05, 0) is 26.7 Å². The van der Waals surface area contributed by atoms with Crippen molar-refractivity contribution in [1.82, 2.24) is 9.78 Å². The van der Waals surface area contributed by atoms with E-state index >= 15 is 0 Å². The van der Waals surface area contributed by atoms with Crippen LogP contribution < -0.4 is 5.73 Å². The summed E-state index contributed by atoms with van der Waals surface area (Å²) in [6.45, 7) is 3.94. The monoisotopic (exact) mass is 255 g/mol. The molecule has 5 heteroatoms. The molecule has 0 radical (unpaired) electrons. The number of carbonyl (C=O) groups is 1. The lowest BCUT2D eigenvalue weighted by atomic mass is 9.91. The van der Waals surface area contributed by atoms with E-state index in [1.807, 2.05) is 13.8 Å². The van der Waals surface area contributed by atoms with Crippen molar-refractivity contribution >= 4 is 17.4 Å². The summed E-state index contributed by atoms with van der Waals surface area (Å²) in [4.78, 5) is 12.5. The molecule has 0 spiro atoms. The first-order valence-corrected chi connectivity index (χ1v) is 6.40. The van der Waals surface area contributed by atoms with Crippen molar-refractivity contribution in [2.75, 3.05) is 0 Å². The van der Waals surface area contributed by atoms with Gasteiger partial charge in [-0.25, -0.2) is 0 Å². The van der Waals surface area contributed by atoms with Gasteiger partial charge >= 0.3 is 0 Å². The van der Waals surface area contributed by atoms with Crippen molar-refractivity contribution in [2.24, 2.45) is 5.73 Å². The molecular weight excluding hydrogens is 238 g/mol. The van der Waals surface area contributed by atoms with Gasteiger partial charge in [0.2, 0.25) is 5.78 Å².